The Morgan fingerprint density at radius 3 is 2.42 bits per heavy atom. The average molecular weight is 786 g/mol. The molecule has 3 fully saturated rings. The first-order chi connectivity index (χ1) is 25.7. The number of benzene rings is 1. The van der Waals surface area contributed by atoms with Crippen molar-refractivity contribution in [3.05, 3.63) is 35.9 Å². The number of nitrogens with zero attached hydrogens (tertiary/aromatic N) is 2. The molecule has 5 atom stereocenters. The van der Waals surface area contributed by atoms with E-state index in [2.05, 4.69) is 27.5 Å². The van der Waals surface area contributed by atoms with E-state index in [0.717, 1.165) is 12.8 Å². The van der Waals surface area contributed by atoms with E-state index < -0.39 is 52.7 Å². The highest BCUT2D eigenvalue weighted by atomic mass is 35.5. The minimum Gasteiger partial charge on any atom is -0.495 e. The molecule has 1 aromatic carbocycles. The van der Waals surface area contributed by atoms with Gasteiger partial charge in [0, 0.05) is 30.3 Å². The highest BCUT2D eigenvalue weighted by Gasteiger charge is 2.61. The van der Waals surface area contributed by atoms with Gasteiger partial charge in [-0.05, 0) is 71.4 Å². The Kier molecular flexibility index (Phi) is 12.2. The van der Waals surface area contributed by atoms with Gasteiger partial charge >= 0.3 is 6.09 Å². The first-order valence-corrected chi connectivity index (χ1v) is 19.3. The summed E-state index contributed by atoms with van der Waals surface area (Å²) >= 11 is 6.67. The number of likely N-dealkylation sites (tertiary alicyclic amines) is 1. The zero-order chi connectivity index (χ0) is 40.5. The maximum absolute atomic E-state index is 14.6. The van der Waals surface area contributed by atoms with Gasteiger partial charge < -0.3 is 44.5 Å². The smallest absolute Gasteiger partial charge is 0.408 e. The summed E-state index contributed by atoms with van der Waals surface area (Å²) < 4.78 is 29.1. The Morgan fingerprint density at radius 2 is 1.84 bits per heavy atom. The zero-order valence-electron chi connectivity index (χ0n) is 33.4. The van der Waals surface area contributed by atoms with E-state index in [9.17, 15) is 19.2 Å². The van der Waals surface area contributed by atoms with Gasteiger partial charge in [0.25, 0.3) is 0 Å². The maximum Gasteiger partial charge on any atom is 0.408 e. The molecule has 2 aliphatic carbocycles. The van der Waals surface area contributed by atoms with Crippen LogP contribution in [0.25, 0.3) is 10.9 Å². The normalized spacial score (nSPS) is 23.3. The van der Waals surface area contributed by atoms with Crippen molar-refractivity contribution in [2.24, 2.45) is 11.3 Å². The summed E-state index contributed by atoms with van der Waals surface area (Å²) in [5, 5.41) is 9.49. The molecule has 0 radical (unpaired) electrons. The predicted molar refractivity (Wildman–Crippen MR) is 207 cm³/mol. The summed E-state index contributed by atoms with van der Waals surface area (Å²) in [6.45, 7) is 19.3. The third kappa shape index (κ3) is 9.75. The predicted octanol–water partition coefficient (Wildman–Crippen LogP) is 5.33. The number of ether oxygens (including phenoxy) is 5. The van der Waals surface area contributed by atoms with E-state index in [-0.39, 0.29) is 47.8 Å². The number of nitrogens with one attached hydrogen (secondary N) is 3. The van der Waals surface area contributed by atoms with Gasteiger partial charge in [-0.2, -0.15) is 0 Å². The number of methoxy groups -OCH3 is 1. The molecule has 0 bridgehead atoms. The van der Waals surface area contributed by atoms with Crippen molar-refractivity contribution in [3.63, 3.8) is 0 Å². The van der Waals surface area contributed by atoms with Crippen molar-refractivity contribution >= 4 is 46.3 Å². The van der Waals surface area contributed by atoms with Crippen molar-refractivity contribution in [2.75, 3.05) is 33.4 Å². The molecular formula is C40H56ClN5O9. The number of fused-ring (bicyclic) bond motifs is 1. The van der Waals surface area contributed by atoms with Gasteiger partial charge in [-0.3, -0.25) is 14.4 Å². The van der Waals surface area contributed by atoms with Gasteiger partial charge in [0.1, 0.15) is 51.4 Å². The summed E-state index contributed by atoms with van der Waals surface area (Å²) in [5.41, 5.74) is -2.58. The van der Waals surface area contributed by atoms with Gasteiger partial charge in [0.05, 0.1) is 32.5 Å². The van der Waals surface area contributed by atoms with Crippen molar-refractivity contribution in [3.8, 4) is 17.4 Å². The van der Waals surface area contributed by atoms with E-state index in [1.165, 1.54) is 12.0 Å². The molecule has 3 N–H and O–H groups in total. The highest BCUT2D eigenvalue weighted by molar-refractivity contribution is 6.36. The van der Waals surface area contributed by atoms with E-state index in [4.69, 9.17) is 35.3 Å². The molecule has 2 aromatic rings. The topological polar surface area (TPSA) is 167 Å². The lowest BCUT2D eigenvalue weighted by Gasteiger charge is -2.36. The maximum atomic E-state index is 14.6. The number of aromatic nitrogens is 1. The fourth-order valence-electron chi connectivity index (χ4n) is 6.74. The third-order valence-corrected chi connectivity index (χ3v) is 10.5. The average Bonchev–Trinajstić information content (AvgIpc) is 3.97. The number of carbonyl (C=O) groups excluding carboxylic acids is 4. The second-order valence-electron chi connectivity index (χ2n) is 16.9. The molecule has 14 nitrogen and oxygen atoms in total. The third-order valence-electron chi connectivity index (χ3n) is 10.1. The largest absolute Gasteiger partial charge is 0.495 e. The van der Waals surface area contributed by atoms with E-state index >= 15 is 0 Å². The second-order valence-corrected chi connectivity index (χ2v) is 17.2. The molecule has 15 heteroatoms. The van der Waals surface area contributed by atoms with Crippen LogP contribution in [0.1, 0.15) is 81.1 Å². The van der Waals surface area contributed by atoms with Crippen LogP contribution in [-0.2, 0) is 23.9 Å². The molecule has 5 rings (SSSR count). The molecule has 302 valence electrons. The molecule has 55 heavy (non-hydrogen) atoms. The molecule has 0 unspecified atom stereocenters. The number of carbonyl (C=O) groups is 4. The zero-order valence-corrected chi connectivity index (χ0v) is 34.2. The first kappa shape index (κ1) is 41.9. The van der Waals surface area contributed by atoms with E-state index in [1.54, 1.807) is 45.0 Å². The van der Waals surface area contributed by atoms with Crippen LogP contribution in [0.5, 0.6) is 17.4 Å². The van der Waals surface area contributed by atoms with Gasteiger partial charge in [-0.15, -0.1) is 6.58 Å². The number of pyridine rings is 1. The fraction of sp³-hybridized carbons (Fsp3) is 0.625. The first-order valence-electron chi connectivity index (χ1n) is 18.9. The molecule has 0 spiro atoms. The van der Waals surface area contributed by atoms with Gasteiger partial charge in [-0.25, -0.2) is 9.78 Å². The van der Waals surface area contributed by atoms with Crippen molar-refractivity contribution in [1.29, 1.82) is 0 Å². The highest BCUT2D eigenvalue weighted by Crippen LogP contribution is 2.45. The van der Waals surface area contributed by atoms with Gasteiger partial charge in [-0.1, -0.05) is 38.4 Å². The number of halogens is 1. The summed E-state index contributed by atoms with van der Waals surface area (Å²) in [5.74, 6) is -0.639. The molecule has 1 aromatic heterocycles. The Labute approximate surface area is 328 Å². The van der Waals surface area contributed by atoms with Crippen LogP contribution in [-0.4, -0.2) is 102 Å². The molecule has 2 heterocycles. The van der Waals surface area contributed by atoms with Crippen LogP contribution >= 0.6 is 11.6 Å². The van der Waals surface area contributed by atoms with Crippen LogP contribution in [0.15, 0.2) is 30.9 Å². The number of alkyl carbamates (subject to hydrolysis) is 1. The number of hydrogen-bond acceptors (Lipinski definition) is 10. The summed E-state index contributed by atoms with van der Waals surface area (Å²) in [6.07, 6.45) is 2.57. The van der Waals surface area contributed by atoms with Gasteiger partial charge in [0.15, 0.2) is 0 Å². The minimum atomic E-state index is -1.24. The second kappa shape index (κ2) is 16.0. The van der Waals surface area contributed by atoms with Crippen LogP contribution in [0.4, 0.5) is 4.79 Å². The molecule has 3 aliphatic rings. The minimum absolute atomic E-state index is 0.0165. The van der Waals surface area contributed by atoms with E-state index in [1.807, 2.05) is 34.6 Å². The molecule has 1 aliphatic heterocycles. The van der Waals surface area contributed by atoms with Crippen molar-refractivity contribution in [2.45, 2.75) is 116 Å². The number of rotatable bonds is 15. The SMILES string of the molecule is C=C[C@@H]1C[C@]1(NC(=O)[C@@H]1C[C@@H](Oc2cc(OCC)nc3c(Cl)c(OC)ccc23)CN1C(=O)[C@@H](NC(=O)OC(C)(C)C)C(C)(C)C)C(=O)NCCOC1(C)CC1. The lowest BCUT2D eigenvalue weighted by atomic mass is 9.85. The van der Waals surface area contributed by atoms with E-state index in [0.29, 0.717) is 42.0 Å². The summed E-state index contributed by atoms with van der Waals surface area (Å²) in [6, 6.07) is 2.95. The Morgan fingerprint density at radius 1 is 1.13 bits per heavy atom. The lowest BCUT2D eigenvalue weighted by Crippen LogP contribution is -2.60. The Balaban J connectivity index is 1.45. The summed E-state index contributed by atoms with van der Waals surface area (Å²) in [4.78, 5) is 61.7. The standard InChI is InChI=1S/C40H56ClN5O9/c1-11-23-21-40(23,35(49)42-17-18-53-39(9)15-16-39)45-33(47)26-19-24(22-46(26)34(48)32(37(3,4)5)44-36(50)55-38(6,7)8)54-28-20-29(52-12-2)43-31-25(28)13-14-27(51-10)30(31)41/h11,13-14,20,23-24,26,32H,1,12,15-19,21-22H2,2-10H3,(H,42,49)(H,44,50)(H,45,47)/t23-,24-,26+,32-,40-/m1/s1. The number of amides is 4. The van der Waals surface area contributed by atoms with Crippen LogP contribution in [0.3, 0.4) is 0 Å². The lowest BCUT2D eigenvalue weighted by molar-refractivity contribution is -0.143. The van der Waals surface area contributed by atoms with Gasteiger partial charge in [0.2, 0.25) is 23.6 Å². The van der Waals surface area contributed by atoms with Crippen molar-refractivity contribution < 1.29 is 42.9 Å². The molecule has 2 saturated carbocycles. The monoisotopic (exact) mass is 785 g/mol. The molecule has 1 saturated heterocycles. The fourth-order valence-corrected chi connectivity index (χ4v) is 7.02. The molecular weight excluding hydrogens is 730 g/mol. The molecule has 4 amide bonds. The number of hydrogen-bond donors (Lipinski definition) is 3. The van der Waals surface area contributed by atoms with Crippen molar-refractivity contribution in [1.82, 2.24) is 25.8 Å². The van der Waals surface area contributed by atoms with Crippen LogP contribution in [0.2, 0.25) is 5.02 Å². The summed E-state index contributed by atoms with van der Waals surface area (Å²) in [7, 11) is 1.51. The quantitative estimate of drug-likeness (QED) is 0.159. The Bertz CT molecular complexity index is 1800. The van der Waals surface area contributed by atoms with Crippen LogP contribution in [0, 0.1) is 11.3 Å². The Hall–Kier alpha value is -4.30. The van der Waals surface area contributed by atoms with Crippen LogP contribution < -0.4 is 30.2 Å².